The first-order valence-corrected chi connectivity index (χ1v) is 10.0. The molecule has 0 spiro atoms. The van der Waals surface area contributed by atoms with Gasteiger partial charge in [0, 0.05) is 11.9 Å². The number of benzene rings is 2. The summed E-state index contributed by atoms with van der Waals surface area (Å²) in [4.78, 5) is 15.3. The Morgan fingerprint density at radius 3 is 2.69 bits per heavy atom. The maximum atomic E-state index is 12.7. The number of rotatable bonds is 5. The molecule has 1 heterocycles. The molecule has 0 bridgehead atoms. The molecule has 10 heteroatoms. The number of methoxy groups -OCH3 is 1. The number of sulfonamides is 1. The van der Waals surface area contributed by atoms with Gasteiger partial charge in [0.05, 0.1) is 23.0 Å². The van der Waals surface area contributed by atoms with Crippen LogP contribution in [0.4, 0.5) is 10.8 Å². The molecule has 0 fully saturated rings. The summed E-state index contributed by atoms with van der Waals surface area (Å²) in [5.41, 5.74) is 1.01. The normalized spacial score (nSPS) is 11.3. The van der Waals surface area contributed by atoms with Crippen molar-refractivity contribution in [1.29, 1.82) is 0 Å². The van der Waals surface area contributed by atoms with E-state index in [-0.39, 0.29) is 21.6 Å². The van der Waals surface area contributed by atoms with Gasteiger partial charge < -0.3 is 10.1 Å². The second-order valence-electron chi connectivity index (χ2n) is 5.28. The number of thiazole rings is 1. The highest BCUT2D eigenvalue weighted by Gasteiger charge is 2.20. The van der Waals surface area contributed by atoms with Gasteiger partial charge in [0.15, 0.2) is 5.13 Å². The van der Waals surface area contributed by atoms with Crippen molar-refractivity contribution in [2.45, 2.75) is 11.8 Å². The molecule has 26 heavy (non-hydrogen) atoms. The molecule has 1 amide bonds. The number of halogens is 1. The van der Waals surface area contributed by atoms with Gasteiger partial charge in [-0.3, -0.25) is 9.52 Å². The molecule has 3 rings (SSSR count). The number of ether oxygens (including phenoxy) is 1. The highest BCUT2D eigenvalue weighted by atomic mass is 35.5. The van der Waals surface area contributed by atoms with E-state index in [0.29, 0.717) is 16.3 Å². The number of nitrogens with one attached hydrogen (secondary N) is 2. The molecule has 0 saturated carbocycles. The lowest BCUT2D eigenvalue weighted by Crippen LogP contribution is -2.14. The van der Waals surface area contributed by atoms with E-state index < -0.39 is 10.0 Å². The van der Waals surface area contributed by atoms with Crippen LogP contribution in [0, 0.1) is 0 Å². The van der Waals surface area contributed by atoms with Crippen molar-refractivity contribution < 1.29 is 17.9 Å². The van der Waals surface area contributed by atoms with Crippen LogP contribution in [0.3, 0.4) is 0 Å². The van der Waals surface area contributed by atoms with Crippen LogP contribution < -0.4 is 14.8 Å². The number of hydrogen-bond donors (Lipinski definition) is 2. The Labute approximate surface area is 159 Å². The van der Waals surface area contributed by atoms with Crippen molar-refractivity contribution in [1.82, 2.24) is 4.98 Å². The van der Waals surface area contributed by atoms with Gasteiger partial charge in [-0.05, 0) is 36.4 Å². The van der Waals surface area contributed by atoms with E-state index in [4.69, 9.17) is 16.3 Å². The minimum Gasteiger partial charge on any atom is -0.495 e. The molecule has 3 aromatic rings. The van der Waals surface area contributed by atoms with Gasteiger partial charge in [-0.2, -0.15) is 0 Å². The molecule has 0 aliphatic rings. The number of nitrogens with zero attached hydrogens (tertiary/aromatic N) is 1. The minimum atomic E-state index is -3.90. The first-order chi connectivity index (χ1) is 12.3. The predicted molar refractivity (Wildman–Crippen MR) is 103 cm³/mol. The average molecular weight is 412 g/mol. The molecule has 0 aliphatic heterocycles. The summed E-state index contributed by atoms with van der Waals surface area (Å²) >= 11 is 7.16. The summed E-state index contributed by atoms with van der Waals surface area (Å²) in [6.07, 6.45) is 0. The van der Waals surface area contributed by atoms with Gasteiger partial charge in [-0.15, -0.1) is 0 Å². The van der Waals surface area contributed by atoms with E-state index in [1.165, 1.54) is 37.5 Å². The van der Waals surface area contributed by atoms with Gasteiger partial charge in [-0.25, -0.2) is 13.4 Å². The summed E-state index contributed by atoms with van der Waals surface area (Å²) in [7, 11) is -2.52. The maximum Gasteiger partial charge on any atom is 0.265 e. The number of hydrogen-bond acceptors (Lipinski definition) is 6. The topological polar surface area (TPSA) is 97.4 Å². The van der Waals surface area contributed by atoms with Crippen LogP contribution in [0.5, 0.6) is 5.75 Å². The number of carbonyl (C=O) groups is 1. The Hall–Kier alpha value is -2.36. The minimum absolute atomic E-state index is 0.0594. The van der Waals surface area contributed by atoms with Crippen molar-refractivity contribution in [2.75, 3.05) is 17.1 Å². The summed E-state index contributed by atoms with van der Waals surface area (Å²) in [5, 5.41) is 3.34. The summed E-state index contributed by atoms with van der Waals surface area (Å²) in [6.45, 7) is 1.39. The van der Waals surface area contributed by atoms with Gasteiger partial charge in [0.2, 0.25) is 5.91 Å². The zero-order valence-electron chi connectivity index (χ0n) is 13.7. The highest BCUT2D eigenvalue weighted by Crippen LogP contribution is 2.31. The first kappa shape index (κ1) is 18.4. The maximum absolute atomic E-state index is 12.7. The lowest BCUT2D eigenvalue weighted by atomic mass is 10.3. The lowest BCUT2D eigenvalue weighted by molar-refractivity contribution is -0.114. The SMILES string of the molecule is COc1ccc(Cl)cc1S(=O)(=O)Nc1ccc2nc(NC(C)=O)sc2c1. The van der Waals surface area contributed by atoms with Crippen LogP contribution in [0.15, 0.2) is 41.3 Å². The van der Waals surface area contributed by atoms with E-state index in [1.807, 2.05) is 0 Å². The fourth-order valence-electron chi connectivity index (χ4n) is 2.26. The van der Waals surface area contributed by atoms with E-state index in [9.17, 15) is 13.2 Å². The summed E-state index contributed by atoms with van der Waals surface area (Å²) in [6, 6.07) is 9.27. The number of carbonyl (C=O) groups excluding carboxylic acids is 1. The third kappa shape index (κ3) is 3.90. The summed E-state index contributed by atoms with van der Waals surface area (Å²) in [5.74, 6) is -0.0354. The van der Waals surface area contributed by atoms with Crippen LogP contribution in [0.25, 0.3) is 10.2 Å². The van der Waals surface area contributed by atoms with Crippen LogP contribution in [0.1, 0.15) is 6.92 Å². The molecule has 136 valence electrons. The molecule has 7 nitrogen and oxygen atoms in total. The molecule has 0 radical (unpaired) electrons. The Balaban J connectivity index is 1.94. The molecule has 0 saturated heterocycles. The third-order valence-electron chi connectivity index (χ3n) is 3.34. The Morgan fingerprint density at radius 2 is 2.00 bits per heavy atom. The standard InChI is InChI=1S/C16H14ClN3O4S2/c1-9(21)18-16-19-12-5-4-11(8-14(12)25-16)20-26(22,23)15-7-10(17)3-6-13(15)24-2/h3-8,20H,1-2H3,(H,18,19,21). The molecular weight excluding hydrogens is 398 g/mol. The van der Waals surface area contributed by atoms with Gasteiger partial charge in [0.1, 0.15) is 10.6 Å². The molecular formula is C16H14ClN3O4S2. The van der Waals surface area contributed by atoms with Crippen LogP contribution in [-0.2, 0) is 14.8 Å². The van der Waals surface area contributed by atoms with Crippen LogP contribution >= 0.6 is 22.9 Å². The Kier molecular flexibility index (Phi) is 5.03. The number of fused-ring (bicyclic) bond motifs is 1. The number of anilines is 2. The second-order valence-corrected chi connectivity index (χ2v) is 8.40. The largest absolute Gasteiger partial charge is 0.495 e. The zero-order valence-corrected chi connectivity index (χ0v) is 16.1. The Bertz CT molecular complexity index is 1100. The van der Waals surface area contributed by atoms with E-state index in [0.717, 1.165) is 4.70 Å². The van der Waals surface area contributed by atoms with E-state index in [2.05, 4.69) is 15.0 Å². The van der Waals surface area contributed by atoms with E-state index in [1.54, 1.807) is 24.3 Å². The lowest BCUT2D eigenvalue weighted by Gasteiger charge is -2.12. The quantitative estimate of drug-likeness (QED) is 0.666. The fourth-order valence-corrected chi connectivity index (χ4v) is 4.70. The number of amides is 1. The Morgan fingerprint density at radius 1 is 1.23 bits per heavy atom. The third-order valence-corrected chi connectivity index (χ3v) is 5.91. The molecule has 2 aromatic carbocycles. The summed E-state index contributed by atoms with van der Waals surface area (Å²) < 4.78 is 33.7. The fraction of sp³-hybridized carbons (Fsp3) is 0.125. The molecule has 0 aliphatic carbocycles. The van der Waals surface area contributed by atoms with Gasteiger partial charge in [-0.1, -0.05) is 22.9 Å². The van der Waals surface area contributed by atoms with Crippen LogP contribution in [0.2, 0.25) is 5.02 Å². The van der Waals surface area contributed by atoms with E-state index >= 15 is 0 Å². The number of aromatic nitrogens is 1. The van der Waals surface area contributed by atoms with Gasteiger partial charge >= 0.3 is 0 Å². The van der Waals surface area contributed by atoms with Crippen molar-refractivity contribution in [2.24, 2.45) is 0 Å². The molecule has 0 unspecified atom stereocenters. The van der Waals surface area contributed by atoms with Crippen LogP contribution in [-0.4, -0.2) is 26.4 Å². The molecule has 2 N–H and O–H groups in total. The predicted octanol–water partition coefficient (Wildman–Crippen LogP) is 3.72. The van der Waals surface area contributed by atoms with Gasteiger partial charge in [0.25, 0.3) is 10.0 Å². The van der Waals surface area contributed by atoms with Crippen molar-refractivity contribution in [3.63, 3.8) is 0 Å². The van der Waals surface area contributed by atoms with Crippen molar-refractivity contribution in [3.8, 4) is 5.75 Å². The zero-order chi connectivity index (χ0) is 18.9. The highest BCUT2D eigenvalue weighted by molar-refractivity contribution is 7.92. The molecule has 0 atom stereocenters. The van der Waals surface area contributed by atoms with Crippen molar-refractivity contribution >= 4 is 59.9 Å². The first-order valence-electron chi connectivity index (χ1n) is 7.33. The monoisotopic (exact) mass is 411 g/mol. The molecule has 1 aromatic heterocycles. The second kappa shape index (κ2) is 7.10. The van der Waals surface area contributed by atoms with Crippen molar-refractivity contribution in [3.05, 3.63) is 41.4 Å². The average Bonchev–Trinajstić information content (AvgIpc) is 2.95. The smallest absolute Gasteiger partial charge is 0.265 e.